The van der Waals surface area contributed by atoms with Gasteiger partial charge in [0, 0.05) is 20.1 Å². The van der Waals surface area contributed by atoms with Gasteiger partial charge in [0.05, 0.1) is 0 Å². The van der Waals surface area contributed by atoms with Crippen LogP contribution in [0.2, 0.25) is 0 Å². The van der Waals surface area contributed by atoms with Crippen molar-refractivity contribution < 1.29 is 45.6 Å². The monoisotopic (exact) mass is 466 g/mol. The summed E-state index contributed by atoms with van der Waals surface area (Å²) in [6.45, 7) is 7.66. The first-order valence-electron chi connectivity index (χ1n) is 13.9. The van der Waals surface area contributed by atoms with E-state index in [9.17, 15) is 0 Å². The zero-order valence-electron chi connectivity index (χ0n) is 23.7. The molecule has 0 unspecified atom stereocenters. The summed E-state index contributed by atoms with van der Waals surface area (Å²) in [6.07, 6.45) is 31.1. The van der Waals surface area contributed by atoms with E-state index < -0.39 is 5.97 Å². The van der Waals surface area contributed by atoms with E-state index >= 15 is 0 Å². The Hall–Kier alpha value is 0.430. The van der Waals surface area contributed by atoms with Gasteiger partial charge in [0.1, 0.15) is 0 Å². The molecule has 0 aromatic heterocycles. The third-order valence-electron chi connectivity index (χ3n) is 5.78. The molecule has 0 atom stereocenters. The molecule has 0 aromatic rings. The minimum atomic E-state index is -0.833. The second-order valence-electron chi connectivity index (χ2n) is 9.20. The van der Waals surface area contributed by atoms with Crippen molar-refractivity contribution in [3.63, 3.8) is 0 Å². The fourth-order valence-electron chi connectivity index (χ4n) is 3.84. The zero-order valence-corrected chi connectivity index (χ0v) is 24.7. The van der Waals surface area contributed by atoms with Gasteiger partial charge in [-0.3, -0.25) is 4.79 Å². The average Bonchev–Trinajstić information content (AvgIpc) is 2.74. The number of carboxylic acid groups (broad SMARTS) is 1. The smallest absolute Gasteiger partial charge is 1.00 e. The Morgan fingerprint density at radius 2 is 0.719 bits per heavy atom. The van der Waals surface area contributed by atoms with Crippen LogP contribution in [0.3, 0.4) is 0 Å². The van der Waals surface area contributed by atoms with Crippen molar-refractivity contribution in [1.29, 1.82) is 0 Å². The SMILES string of the molecule is CC(=O)O.CCCCCCCCCCCCCOCCCCCCCCCCCCC.[H-].[Na+]. The van der Waals surface area contributed by atoms with Crippen molar-refractivity contribution in [3.8, 4) is 0 Å². The first-order valence-corrected chi connectivity index (χ1v) is 13.9. The number of rotatable bonds is 24. The molecule has 1 N–H and O–H groups in total. The van der Waals surface area contributed by atoms with Crippen LogP contribution >= 0.6 is 0 Å². The first-order chi connectivity index (χ1) is 15.1. The summed E-state index contributed by atoms with van der Waals surface area (Å²) < 4.78 is 5.80. The van der Waals surface area contributed by atoms with Gasteiger partial charge in [-0.25, -0.2) is 0 Å². The number of aliphatic carboxylic acids is 1. The van der Waals surface area contributed by atoms with Crippen molar-refractivity contribution in [1.82, 2.24) is 0 Å². The van der Waals surface area contributed by atoms with E-state index in [0.717, 1.165) is 20.1 Å². The molecule has 0 spiro atoms. The fraction of sp³-hybridized carbons (Fsp3) is 0.964. The Morgan fingerprint density at radius 3 is 0.938 bits per heavy atom. The normalized spacial score (nSPS) is 10.3. The van der Waals surface area contributed by atoms with E-state index in [4.69, 9.17) is 14.6 Å². The molecule has 0 amide bonds. The van der Waals surface area contributed by atoms with Gasteiger partial charge < -0.3 is 11.3 Å². The zero-order chi connectivity index (χ0) is 23.3. The maximum atomic E-state index is 9.00. The van der Waals surface area contributed by atoms with Gasteiger partial charge in [-0.15, -0.1) is 0 Å². The van der Waals surface area contributed by atoms with E-state index in [0.29, 0.717) is 0 Å². The van der Waals surface area contributed by atoms with Crippen LogP contribution in [-0.2, 0) is 9.53 Å². The standard InChI is InChI=1S/C26H54O.C2H4O2.Na.H/c1-3-5-7-9-11-13-15-17-19-21-23-25-27-26-24-22-20-18-16-14-12-10-8-6-4-2;1-2(3)4;;/h3-26H2,1-2H3;1H3,(H,3,4);;/q;;+1;-1. The van der Waals surface area contributed by atoms with Crippen LogP contribution in [0.4, 0.5) is 0 Å². The van der Waals surface area contributed by atoms with Crippen LogP contribution in [0, 0.1) is 0 Å². The number of hydrogen-bond donors (Lipinski definition) is 1. The molecule has 0 heterocycles. The largest absolute Gasteiger partial charge is 1.00 e. The van der Waals surface area contributed by atoms with Gasteiger partial charge in [0.15, 0.2) is 0 Å². The molecule has 0 fully saturated rings. The second kappa shape index (κ2) is 36.0. The maximum absolute atomic E-state index is 9.00. The van der Waals surface area contributed by atoms with Crippen LogP contribution in [-0.4, -0.2) is 24.3 Å². The molecule has 0 rings (SSSR count). The maximum Gasteiger partial charge on any atom is 1.00 e. The number of hydrogen-bond acceptors (Lipinski definition) is 2. The molecular weight excluding hydrogens is 407 g/mol. The van der Waals surface area contributed by atoms with Gasteiger partial charge in [-0.05, 0) is 12.8 Å². The Labute approximate surface area is 226 Å². The van der Waals surface area contributed by atoms with Crippen molar-refractivity contribution in [2.45, 2.75) is 162 Å². The van der Waals surface area contributed by atoms with Crippen LogP contribution in [0.15, 0.2) is 0 Å². The number of carbonyl (C=O) groups is 1. The third kappa shape index (κ3) is 44.2. The van der Waals surface area contributed by atoms with Gasteiger partial charge >= 0.3 is 29.6 Å². The fourth-order valence-corrected chi connectivity index (χ4v) is 3.84. The summed E-state index contributed by atoms with van der Waals surface area (Å²) in [7, 11) is 0. The van der Waals surface area contributed by atoms with E-state index in [2.05, 4.69) is 13.8 Å². The summed E-state index contributed by atoms with van der Waals surface area (Å²) in [5.74, 6) is -0.833. The first kappa shape index (κ1) is 37.0. The minimum absolute atomic E-state index is 0. The molecule has 0 aliphatic rings. The summed E-state index contributed by atoms with van der Waals surface area (Å²) in [5, 5.41) is 7.42. The molecular formula is C28H59NaO3. The minimum Gasteiger partial charge on any atom is -1.00 e. The van der Waals surface area contributed by atoms with Crippen molar-refractivity contribution >= 4 is 5.97 Å². The molecule has 0 bridgehead atoms. The molecule has 32 heavy (non-hydrogen) atoms. The number of carboxylic acids is 1. The van der Waals surface area contributed by atoms with E-state index in [1.165, 1.54) is 141 Å². The Morgan fingerprint density at radius 1 is 0.531 bits per heavy atom. The quantitative estimate of drug-likeness (QED) is 0.125. The Bertz CT molecular complexity index is 302. The number of unbranched alkanes of at least 4 members (excludes halogenated alkanes) is 20. The van der Waals surface area contributed by atoms with Crippen molar-refractivity contribution in [3.05, 3.63) is 0 Å². The second-order valence-corrected chi connectivity index (χ2v) is 9.20. The van der Waals surface area contributed by atoms with Crippen LogP contribution in [0.1, 0.15) is 163 Å². The van der Waals surface area contributed by atoms with Gasteiger partial charge in [-0.1, -0.05) is 142 Å². The molecule has 0 aromatic carbocycles. The van der Waals surface area contributed by atoms with E-state index in [-0.39, 0.29) is 31.0 Å². The Balaban J connectivity index is -0.000000643. The third-order valence-corrected chi connectivity index (χ3v) is 5.78. The Kier molecular flexibility index (Phi) is 41.6. The predicted molar refractivity (Wildman–Crippen MR) is 138 cm³/mol. The van der Waals surface area contributed by atoms with E-state index in [1.807, 2.05) is 0 Å². The molecule has 3 nitrogen and oxygen atoms in total. The van der Waals surface area contributed by atoms with Crippen molar-refractivity contribution in [2.24, 2.45) is 0 Å². The van der Waals surface area contributed by atoms with Crippen LogP contribution < -0.4 is 29.6 Å². The van der Waals surface area contributed by atoms with E-state index in [1.54, 1.807) is 0 Å². The molecule has 4 heteroatoms. The predicted octanol–water partition coefficient (Wildman–Crippen LogP) is 6.83. The van der Waals surface area contributed by atoms with Crippen molar-refractivity contribution in [2.75, 3.05) is 13.2 Å². The average molecular weight is 467 g/mol. The molecule has 190 valence electrons. The molecule has 0 aliphatic heterocycles. The van der Waals surface area contributed by atoms with Gasteiger partial charge in [0.25, 0.3) is 5.97 Å². The summed E-state index contributed by atoms with van der Waals surface area (Å²) >= 11 is 0. The summed E-state index contributed by atoms with van der Waals surface area (Å²) in [5.41, 5.74) is 0. The molecule has 0 radical (unpaired) electrons. The van der Waals surface area contributed by atoms with Gasteiger partial charge in [0.2, 0.25) is 0 Å². The van der Waals surface area contributed by atoms with Crippen LogP contribution in [0.25, 0.3) is 0 Å². The molecule has 0 saturated heterocycles. The number of ether oxygens (including phenoxy) is 1. The topological polar surface area (TPSA) is 46.5 Å². The summed E-state index contributed by atoms with van der Waals surface area (Å²) in [4.78, 5) is 9.00. The van der Waals surface area contributed by atoms with Gasteiger partial charge in [-0.2, -0.15) is 0 Å². The molecule has 0 saturated carbocycles. The van der Waals surface area contributed by atoms with Crippen LogP contribution in [0.5, 0.6) is 0 Å². The molecule has 0 aliphatic carbocycles. The summed E-state index contributed by atoms with van der Waals surface area (Å²) in [6, 6.07) is 0.